The van der Waals surface area contributed by atoms with Gasteiger partial charge in [0, 0.05) is 22.5 Å². The molecule has 0 aliphatic heterocycles. The Balaban J connectivity index is 1.87. The number of rotatable bonds is 2. The Morgan fingerprint density at radius 1 is 1.08 bits per heavy atom. The van der Waals surface area contributed by atoms with Crippen LogP contribution >= 0.6 is 22.9 Å². The first kappa shape index (κ1) is 16.6. The van der Waals surface area contributed by atoms with Gasteiger partial charge >= 0.3 is 0 Å². The van der Waals surface area contributed by atoms with Gasteiger partial charge < -0.3 is 4.57 Å². The minimum Gasteiger partial charge on any atom is -0.319 e. The lowest BCUT2D eigenvalue weighted by Gasteiger charge is -2.16. The molecule has 1 aliphatic carbocycles. The summed E-state index contributed by atoms with van der Waals surface area (Å²) in [6, 6.07) is 14.3. The summed E-state index contributed by atoms with van der Waals surface area (Å²) >= 11 is 7.28. The summed E-state index contributed by atoms with van der Waals surface area (Å²) in [5.41, 5.74) is 3.51. The minimum atomic E-state index is -3.77. The average Bonchev–Trinajstić information content (AvgIpc) is 2.91. The first-order valence-electron chi connectivity index (χ1n) is 7.79. The van der Waals surface area contributed by atoms with Gasteiger partial charge in [-0.1, -0.05) is 35.9 Å². The fourth-order valence-corrected chi connectivity index (χ4v) is 5.55. The molecule has 0 saturated heterocycles. The number of aryl methyl sites for hydroxylation is 2. The highest BCUT2D eigenvalue weighted by Gasteiger charge is 2.22. The monoisotopic (exact) mass is 390 g/mol. The summed E-state index contributed by atoms with van der Waals surface area (Å²) in [7, 11) is -1.90. The molecule has 0 atom stereocenters. The third kappa shape index (κ3) is 2.94. The van der Waals surface area contributed by atoms with E-state index in [0.717, 1.165) is 24.1 Å². The molecule has 0 N–H and O–H groups in total. The highest BCUT2D eigenvalue weighted by Crippen LogP contribution is 2.34. The van der Waals surface area contributed by atoms with Crippen LogP contribution in [0.15, 0.2) is 57.8 Å². The largest absolute Gasteiger partial charge is 0.319 e. The Morgan fingerprint density at radius 2 is 1.80 bits per heavy atom. The van der Waals surface area contributed by atoms with Gasteiger partial charge in [-0.2, -0.15) is 8.42 Å². The second-order valence-electron chi connectivity index (χ2n) is 5.89. The number of hydrogen-bond acceptors (Lipinski definition) is 3. The molecule has 0 bridgehead atoms. The Kier molecular flexibility index (Phi) is 4.06. The molecule has 1 aliphatic rings. The van der Waals surface area contributed by atoms with Crippen molar-refractivity contribution in [1.29, 1.82) is 0 Å². The van der Waals surface area contributed by atoms with E-state index in [4.69, 9.17) is 11.6 Å². The molecular weight excluding hydrogens is 376 g/mol. The van der Waals surface area contributed by atoms with Crippen LogP contribution in [0.2, 0.25) is 5.02 Å². The lowest BCUT2D eigenvalue weighted by molar-refractivity contribution is 0.596. The minimum absolute atomic E-state index is 0.142. The number of hydrogen-bond donors (Lipinski definition) is 0. The van der Waals surface area contributed by atoms with Crippen LogP contribution in [0.1, 0.15) is 10.4 Å². The van der Waals surface area contributed by atoms with E-state index in [9.17, 15) is 8.42 Å². The van der Waals surface area contributed by atoms with Crippen molar-refractivity contribution in [3.8, 4) is 11.3 Å². The lowest BCUT2D eigenvalue weighted by Crippen LogP contribution is -2.15. The quantitative estimate of drug-likeness (QED) is 0.668. The van der Waals surface area contributed by atoms with Crippen LogP contribution in [0.3, 0.4) is 0 Å². The first-order chi connectivity index (χ1) is 12.0. The van der Waals surface area contributed by atoms with Gasteiger partial charge in [-0.25, -0.2) is 0 Å². The van der Waals surface area contributed by atoms with Gasteiger partial charge in [0.1, 0.15) is 0 Å². The topological polar surface area (TPSA) is 51.4 Å². The summed E-state index contributed by atoms with van der Waals surface area (Å²) < 4.78 is 31.2. The maximum absolute atomic E-state index is 12.6. The maximum atomic E-state index is 12.6. The molecule has 3 aromatic rings. The van der Waals surface area contributed by atoms with Gasteiger partial charge in [0.25, 0.3) is 10.0 Å². The van der Waals surface area contributed by atoms with Crippen molar-refractivity contribution >= 4 is 33.0 Å². The lowest BCUT2D eigenvalue weighted by atomic mass is 9.93. The summed E-state index contributed by atoms with van der Waals surface area (Å²) in [6.07, 6.45) is 1.87. The van der Waals surface area contributed by atoms with E-state index in [2.05, 4.69) is 16.5 Å². The number of thiazole rings is 1. The Hall–Kier alpha value is -1.89. The highest BCUT2D eigenvalue weighted by molar-refractivity contribution is 7.90. The van der Waals surface area contributed by atoms with Crippen LogP contribution in [-0.2, 0) is 29.9 Å². The smallest absolute Gasteiger partial charge is 0.285 e. The number of aromatic nitrogens is 1. The van der Waals surface area contributed by atoms with Crippen LogP contribution in [0.25, 0.3) is 11.3 Å². The summed E-state index contributed by atoms with van der Waals surface area (Å²) in [5.74, 6) is 0. The molecule has 4 rings (SSSR count). The van der Waals surface area contributed by atoms with E-state index in [1.165, 1.54) is 33.9 Å². The predicted molar refractivity (Wildman–Crippen MR) is 100 cm³/mol. The van der Waals surface area contributed by atoms with Crippen molar-refractivity contribution in [2.45, 2.75) is 17.7 Å². The van der Waals surface area contributed by atoms with Crippen LogP contribution in [-0.4, -0.2) is 13.0 Å². The van der Waals surface area contributed by atoms with Crippen molar-refractivity contribution in [2.75, 3.05) is 0 Å². The molecule has 0 fully saturated rings. The van der Waals surface area contributed by atoms with E-state index in [1.54, 1.807) is 12.1 Å². The summed E-state index contributed by atoms with van der Waals surface area (Å²) in [6.45, 7) is 0. The predicted octanol–water partition coefficient (Wildman–Crippen LogP) is 3.80. The summed E-state index contributed by atoms with van der Waals surface area (Å²) in [5, 5.41) is 0.493. The number of benzene rings is 2. The van der Waals surface area contributed by atoms with Gasteiger partial charge in [0.2, 0.25) is 4.80 Å². The zero-order valence-corrected chi connectivity index (χ0v) is 15.8. The van der Waals surface area contributed by atoms with Crippen molar-refractivity contribution in [3.05, 3.63) is 68.8 Å². The Labute approximate surface area is 155 Å². The Morgan fingerprint density at radius 3 is 2.56 bits per heavy atom. The molecule has 7 heteroatoms. The SMILES string of the molecule is Cn1c2c(sc1=NS(=O)(=O)c1ccc(Cl)cc1)CCc1ccccc1-2. The molecule has 0 spiro atoms. The van der Waals surface area contributed by atoms with Crippen molar-refractivity contribution in [3.63, 3.8) is 0 Å². The molecule has 0 radical (unpaired) electrons. The fourth-order valence-electron chi connectivity index (χ4n) is 3.07. The molecule has 0 amide bonds. The third-order valence-electron chi connectivity index (χ3n) is 4.30. The zero-order chi connectivity index (χ0) is 17.6. The second-order valence-corrected chi connectivity index (χ2v) is 9.00. The first-order valence-corrected chi connectivity index (χ1v) is 10.4. The Bertz CT molecular complexity index is 1130. The molecule has 128 valence electrons. The molecule has 0 unspecified atom stereocenters. The van der Waals surface area contributed by atoms with Gasteiger partial charge in [-0.05, 0) is 42.7 Å². The molecule has 2 aromatic carbocycles. The number of nitrogens with zero attached hydrogens (tertiary/aromatic N) is 2. The van der Waals surface area contributed by atoms with Gasteiger partial charge in [-0.3, -0.25) is 0 Å². The van der Waals surface area contributed by atoms with Gasteiger partial charge in [0.05, 0.1) is 10.6 Å². The molecule has 25 heavy (non-hydrogen) atoms. The molecule has 1 aromatic heterocycles. The zero-order valence-electron chi connectivity index (χ0n) is 13.4. The standard InChI is InChI=1S/C18H15ClN2O2S2/c1-21-17-15-5-3-2-4-12(15)6-11-16(17)24-18(21)20-25(22,23)14-9-7-13(19)8-10-14/h2-5,7-10H,6,11H2,1H3. The number of sulfonamides is 1. The van der Waals surface area contributed by atoms with Gasteiger partial charge in [0.15, 0.2) is 0 Å². The molecule has 1 heterocycles. The molecule has 0 saturated carbocycles. The highest BCUT2D eigenvalue weighted by atomic mass is 35.5. The number of fused-ring (bicyclic) bond motifs is 3. The number of halogens is 1. The van der Waals surface area contributed by atoms with Gasteiger partial charge in [-0.15, -0.1) is 15.7 Å². The fraction of sp³-hybridized carbons (Fsp3) is 0.167. The second kappa shape index (κ2) is 6.12. The van der Waals surface area contributed by atoms with Crippen LogP contribution in [0.4, 0.5) is 0 Å². The van der Waals surface area contributed by atoms with E-state index in [0.29, 0.717) is 9.82 Å². The van der Waals surface area contributed by atoms with Crippen molar-refractivity contribution in [1.82, 2.24) is 4.57 Å². The van der Waals surface area contributed by atoms with E-state index in [1.807, 2.05) is 23.7 Å². The van der Waals surface area contributed by atoms with Crippen LogP contribution in [0, 0.1) is 0 Å². The summed E-state index contributed by atoms with van der Waals surface area (Å²) in [4.78, 5) is 1.80. The van der Waals surface area contributed by atoms with Crippen molar-refractivity contribution in [2.24, 2.45) is 11.4 Å². The molecular formula is C18H15ClN2O2S2. The van der Waals surface area contributed by atoms with Crippen LogP contribution < -0.4 is 4.80 Å². The maximum Gasteiger partial charge on any atom is 0.285 e. The average molecular weight is 391 g/mol. The normalized spacial score (nSPS) is 14.2. The van der Waals surface area contributed by atoms with Crippen molar-refractivity contribution < 1.29 is 8.42 Å². The van der Waals surface area contributed by atoms with E-state index >= 15 is 0 Å². The van der Waals surface area contributed by atoms with Crippen LogP contribution in [0.5, 0.6) is 0 Å². The third-order valence-corrected chi connectivity index (χ3v) is 7.14. The van der Waals surface area contributed by atoms with E-state index < -0.39 is 10.0 Å². The molecule has 4 nitrogen and oxygen atoms in total. The van der Waals surface area contributed by atoms with E-state index in [-0.39, 0.29) is 4.90 Å².